The minimum Gasteiger partial charge on any atom is -0.493 e. The Kier molecular flexibility index (Phi) is 16.5. The molecule has 9 nitrogen and oxygen atoms in total. The fourth-order valence-electron chi connectivity index (χ4n) is 3.55. The number of aliphatic carboxylic acids is 1. The smallest absolute Gasteiger partial charge is 0.328 e. The van der Waals surface area contributed by atoms with Gasteiger partial charge in [0.1, 0.15) is 13.2 Å². The van der Waals surface area contributed by atoms with E-state index in [1.807, 2.05) is 66.7 Å². The Morgan fingerprint density at radius 3 is 1.60 bits per heavy atom. The van der Waals surface area contributed by atoms with Crippen molar-refractivity contribution in [3.8, 4) is 47.7 Å². The van der Waals surface area contributed by atoms with Crippen LogP contribution in [0.15, 0.2) is 109 Å². The lowest BCUT2D eigenvalue weighted by molar-refractivity contribution is -0.131. The van der Waals surface area contributed by atoms with Crippen LogP contribution in [0.4, 0.5) is 11.4 Å². The zero-order valence-electron chi connectivity index (χ0n) is 26.1. The average molecular weight is 633 g/mol. The van der Waals surface area contributed by atoms with Crippen LogP contribution >= 0.6 is 0 Å². The number of anilines is 2. The number of para-hydroxylation sites is 2. The van der Waals surface area contributed by atoms with Gasteiger partial charge in [-0.1, -0.05) is 60.4 Å². The highest BCUT2D eigenvalue weighted by molar-refractivity contribution is 6.01. The van der Waals surface area contributed by atoms with Crippen LogP contribution in [-0.2, 0) is 9.59 Å². The van der Waals surface area contributed by atoms with E-state index in [1.54, 1.807) is 43.5 Å². The van der Waals surface area contributed by atoms with Crippen LogP contribution in [0.3, 0.4) is 0 Å². The maximum absolute atomic E-state index is 11.9. The number of benzene rings is 4. The van der Waals surface area contributed by atoms with Gasteiger partial charge in [0.15, 0.2) is 23.0 Å². The number of hydrogen-bond donors (Lipinski definition) is 3. The van der Waals surface area contributed by atoms with Gasteiger partial charge in [0.05, 0.1) is 14.2 Å². The summed E-state index contributed by atoms with van der Waals surface area (Å²) < 4.78 is 21.0. The van der Waals surface area contributed by atoms with Crippen LogP contribution in [0, 0.1) is 24.7 Å². The first-order chi connectivity index (χ1) is 22.8. The predicted octanol–water partition coefficient (Wildman–Crippen LogP) is 6.43. The van der Waals surface area contributed by atoms with Crippen LogP contribution in [0.5, 0.6) is 23.0 Å². The molecule has 4 aromatic carbocycles. The van der Waals surface area contributed by atoms with Gasteiger partial charge >= 0.3 is 5.97 Å². The average Bonchev–Trinajstić information content (AvgIpc) is 3.09. The minimum atomic E-state index is -1.00. The second-order valence-corrected chi connectivity index (χ2v) is 9.08. The number of carbonyl (C=O) groups excluding carboxylic acids is 1. The third-order valence-electron chi connectivity index (χ3n) is 5.68. The molecule has 0 saturated carbocycles. The second-order valence-electron chi connectivity index (χ2n) is 9.08. The lowest BCUT2D eigenvalue weighted by Crippen LogP contribution is -2.07. The molecule has 0 spiro atoms. The molecule has 0 radical (unpaired) electrons. The number of nitrogens with one attached hydrogen (secondary N) is 1. The first-order valence-electron chi connectivity index (χ1n) is 14.0. The highest BCUT2D eigenvalue weighted by Crippen LogP contribution is 2.29. The van der Waals surface area contributed by atoms with Gasteiger partial charge in [-0.2, -0.15) is 0 Å². The number of amides is 1. The van der Waals surface area contributed by atoms with Gasteiger partial charge in [-0.15, -0.1) is 12.8 Å². The van der Waals surface area contributed by atoms with Crippen LogP contribution in [-0.4, -0.2) is 44.4 Å². The number of carboxylic acids is 1. The van der Waals surface area contributed by atoms with Crippen molar-refractivity contribution in [1.82, 2.24) is 0 Å². The molecule has 240 valence electrons. The standard InChI is InChI=1S/C19H17NO3.C13H12O4.C6H7N/c1-3-13-23-17-11-9-15(14-18(17)22-2)10-12-19(21)20-16-7-5-4-6-8-16;1-3-8-17-11-6-4-10(5-7-13(14)15)9-12(11)16-2;7-6-4-2-1-3-5-6/h1,4-12,14H,13H2,2H3,(H,20,21);1,4-7,9H,8H2,2H3,(H,14,15);1-5H,7H2/b12-10+;7-5+;. The Balaban J connectivity index is 0.000000279. The van der Waals surface area contributed by atoms with Crippen molar-refractivity contribution >= 4 is 35.4 Å². The van der Waals surface area contributed by atoms with Crippen molar-refractivity contribution in [2.75, 3.05) is 38.5 Å². The third-order valence-corrected chi connectivity index (χ3v) is 5.68. The summed E-state index contributed by atoms with van der Waals surface area (Å²) in [7, 11) is 3.05. The number of nitrogens with two attached hydrogens (primary N) is 1. The van der Waals surface area contributed by atoms with E-state index in [9.17, 15) is 9.59 Å². The quantitative estimate of drug-likeness (QED) is 0.0980. The van der Waals surface area contributed by atoms with Crippen molar-refractivity contribution in [1.29, 1.82) is 0 Å². The second kappa shape index (κ2) is 21.2. The van der Waals surface area contributed by atoms with Crippen LogP contribution in [0.2, 0.25) is 0 Å². The van der Waals surface area contributed by atoms with Gasteiger partial charge in [0.25, 0.3) is 0 Å². The number of carbonyl (C=O) groups is 2. The molecule has 0 aliphatic rings. The topological polar surface area (TPSA) is 129 Å². The lowest BCUT2D eigenvalue weighted by atomic mass is 10.2. The Labute approximate surface area is 275 Å². The first-order valence-corrected chi connectivity index (χ1v) is 14.0. The summed E-state index contributed by atoms with van der Waals surface area (Å²) in [4.78, 5) is 22.2. The van der Waals surface area contributed by atoms with E-state index in [1.165, 1.54) is 19.3 Å². The molecule has 0 aliphatic heterocycles. The van der Waals surface area contributed by atoms with Gasteiger partial charge in [-0.3, -0.25) is 4.79 Å². The lowest BCUT2D eigenvalue weighted by Gasteiger charge is -2.09. The molecular weight excluding hydrogens is 596 g/mol. The maximum atomic E-state index is 11.9. The van der Waals surface area contributed by atoms with Crippen molar-refractivity contribution in [3.63, 3.8) is 0 Å². The van der Waals surface area contributed by atoms with E-state index in [4.69, 9.17) is 42.6 Å². The normalized spacial score (nSPS) is 9.79. The van der Waals surface area contributed by atoms with Crippen molar-refractivity contribution < 1.29 is 33.6 Å². The molecule has 0 heterocycles. The molecular formula is C38H36N2O7. The van der Waals surface area contributed by atoms with Gasteiger partial charge < -0.3 is 35.1 Å². The molecule has 0 saturated heterocycles. The van der Waals surface area contributed by atoms with Gasteiger partial charge in [0.2, 0.25) is 5.91 Å². The highest BCUT2D eigenvalue weighted by Gasteiger charge is 2.05. The summed E-state index contributed by atoms with van der Waals surface area (Å²) in [6, 6.07) is 29.2. The summed E-state index contributed by atoms with van der Waals surface area (Å²) in [5.41, 5.74) is 8.45. The van der Waals surface area contributed by atoms with Gasteiger partial charge in [0, 0.05) is 23.5 Å². The Bertz CT molecular complexity index is 1700. The van der Waals surface area contributed by atoms with Crippen LogP contribution < -0.4 is 30.0 Å². The number of carboxylic acid groups (broad SMARTS) is 1. The summed E-state index contributed by atoms with van der Waals surface area (Å²) in [5.74, 6) is 5.70. The van der Waals surface area contributed by atoms with Crippen LogP contribution in [0.1, 0.15) is 11.1 Å². The molecule has 4 N–H and O–H groups in total. The predicted molar refractivity (Wildman–Crippen MR) is 186 cm³/mol. The minimum absolute atomic E-state index is 0.153. The third kappa shape index (κ3) is 14.6. The van der Waals surface area contributed by atoms with Crippen molar-refractivity contribution in [2.24, 2.45) is 0 Å². The number of ether oxygens (including phenoxy) is 4. The number of terminal acetylenes is 2. The molecule has 0 unspecified atom stereocenters. The monoisotopic (exact) mass is 632 g/mol. The van der Waals surface area contributed by atoms with E-state index in [2.05, 4.69) is 17.2 Å². The van der Waals surface area contributed by atoms with E-state index in [-0.39, 0.29) is 19.1 Å². The molecule has 9 heteroatoms. The molecule has 0 bridgehead atoms. The Morgan fingerprint density at radius 1 is 0.723 bits per heavy atom. The maximum Gasteiger partial charge on any atom is 0.328 e. The zero-order valence-corrected chi connectivity index (χ0v) is 26.1. The fourth-order valence-corrected chi connectivity index (χ4v) is 3.55. The first kappa shape index (κ1) is 36.6. The van der Waals surface area contributed by atoms with Gasteiger partial charge in [-0.25, -0.2) is 4.79 Å². The summed E-state index contributed by atoms with van der Waals surface area (Å²) in [6.07, 6.45) is 15.9. The molecule has 0 aromatic heterocycles. The fraction of sp³-hybridized carbons (Fsp3) is 0.105. The van der Waals surface area contributed by atoms with E-state index < -0.39 is 5.97 Å². The molecule has 1 amide bonds. The molecule has 0 fully saturated rings. The Hall–Kier alpha value is -6.58. The SMILES string of the molecule is C#CCOc1ccc(/C=C/C(=O)Nc2ccccc2)cc1OC.C#CCOc1ccc(/C=C/C(=O)O)cc1OC.Nc1ccccc1. The van der Waals surface area contributed by atoms with E-state index in [0.29, 0.717) is 28.6 Å². The molecule has 0 atom stereocenters. The summed E-state index contributed by atoms with van der Waals surface area (Å²) in [5, 5.41) is 11.3. The summed E-state index contributed by atoms with van der Waals surface area (Å²) >= 11 is 0. The number of rotatable bonds is 11. The van der Waals surface area contributed by atoms with Crippen molar-refractivity contribution in [3.05, 3.63) is 120 Å². The number of methoxy groups -OCH3 is 2. The molecule has 0 aliphatic carbocycles. The zero-order chi connectivity index (χ0) is 34.3. The largest absolute Gasteiger partial charge is 0.493 e. The number of hydrogen-bond acceptors (Lipinski definition) is 7. The van der Waals surface area contributed by atoms with Gasteiger partial charge in [-0.05, 0) is 71.8 Å². The summed E-state index contributed by atoms with van der Waals surface area (Å²) in [6.45, 7) is 0.325. The van der Waals surface area contributed by atoms with Crippen molar-refractivity contribution in [2.45, 2.75) is 0 Å². The molecule has 4 rings (SSSR count). The highest BCUT2D eigenvalue weighted by atomic mass is 16.5. The molecule has 47 heavy (non-hydrogen) atoms. The Morgan fingerprint density at radius 2 is 1.19 bits per heavy atom. The van der Waals surface area contributed by atoms with E-state index in [0.717, 1.165) is 23.0 Å². The van der Waals surface area contributed by atoms with Crippen LogP contribution in [0.25, 0.3) is 12.2 Å². The molecule has 4 aromatic rings. The van der Waals surface area contributed by atoms with E-state index >= 15 is 0 Å². The number of nitrogen functional groups attached to an aromatic ring is 1.